The van der Waals surface area contributed by atoms with Gasteiger partial charge >= 0.3 is 0 Å². The number of rotatable bonds is 2. The van der Waals surface area contributed by atoms with Crippen LogP contribution >= 0.6 is 0 Å². The van der Waals surface area contributed by atoms with Crippen LogP contribution in [0.5, 0.6) is 0 Å². The molecule has 6 heteroatoms. The predicted molar refractivity (Wildman–Crippen MR) is 49.6 cm³/mol. The lowest BCUT2D eigenvalue weighted by Crippen LogP contribution is -2.58. The van der Waals surface area contributed by atoms with E-state index in [1.807, 2.05) is 0 Å². The van der Waals surface area contributed by atoms with Gasteiger partial charge in [-0.2, -0.15) is 0 Å². The van der Waals surface area contributed by atoms with E-state index in [9.17, 15) is 19.2 Å². The Bertz CT molecular complexity index is 337. The van der Waals surface area contributed by atoms with Gasteiger partial charge in [0.15, 0.2) is 0 Å². The van der Waals surface area contributed by atoms with E-state index in [1.165, 1.54) is 13.8 Å². The first-order chi connectivity index (χ1) is 6.91. The Balaban J connectivity index is 2.74. The summed E-state index contributed by atoms with van der Waals surface area (Å²) >= 11 is 0. The second-order valence-electron chi connectivity index (χ2n) is 3.49. The number of carbonyl (C=O) groups excluding carboxylic acids is 4. The number of amides is 3. The van der Waals surface area contributed by atoms with E-state index in [0.29, 0.717) is 0 Å². The molecule has 1 rings (SSSR count). The fourth-order valence-electron chi connectivity index (χ4n) is 1.33. The highest BCUT2D eigenvalue weighted by atomic mass is 16.2. The Kier molecular flexibility index (Phi) is 3.18. The first-order valence-corrected chi connectivity index (χ1v) is 4.54. The van der Waals surface area contributed by atoms with E-state index < -0.39 is 23.8 Å². The Labute approximate surface area is 86.6 Å². The molecule has 6 nitrogen and oxygen atoms in total. The van der Waals surface area contributed by atoms with Crippen LogP contribution in [0, 0.1) is 0 Å². The summed E-state index contributed by atoms with van der Waals surface area (Å²) in [6.07, 6.45) is -0.273. The van der Waals surface area contributed by atoms with Crippen LogP contribution in [-0.4, -0.2) is 41.0 Å². The summed E-state index contributed by atoms with van der Waals surface area (Å²) in [7, 11) is 0. The monoisotopic (exact) mass is 212 g/mol. The van der Waals surface area contributed by atoms with Crippen molar-refractivity contribution < 1.29 is 19.2 Å². The Morgan fingerprint density at radius 3 is 2.60 bits per heavy atom. The molecule has 0 bridgehead atoms. The van der Waals surface area contributed by atoms with Crippen molar-refractivity contribution in [2.45, 2.75) is 26.3 Å². The fourth-order valence-corrected chi connectivity index (χ4v) is 1.33. The molecule has 0 aromatic heterocycles. The minimum atomic E-state index is -0.699. The van der Waals surface area contributed by atoms with Crippen LogP contribution in [0.3, 0.4) is 0 Å². The topological polar surface area (TPSA) is 83.6 Å². The van der Waals surface area contributed by atoms with Crippen LogP contribution in [-0.2, 0) is 19.2 Å². The van der Waals surface area contributed by atoms with Crippen molar-refractivity contribution in [2.75, 3.05) is 6.54 Å². The largest absolute Gasteiger partial charge is 0.321 e. The van der Waals surface area contributed by atoms with Crippen molar-refractivity contribution in [3.8, 4) is 0 Å². The Morgan fingerprint density at radius 2 is 2.07 bits per heavy atom. The summed E-state index contributed by atoms with van der Waals surface area (Å²) < 4.78 is 0. The third-order valence-electron chi connectivity index (χ3n) is 2.14. The van der Waals surface area contributed by atoms with Crippen LogP contribution in [0.25, 0.3) is 0 Å². The van der Waals surface area contributed by atoms with Crippen molar-refractivity contribution >= 4 is 23.5 Å². The van der Waals surface area contributed by atoms with Crippen molar-refractivity contribution in [3.63, 3.8) is 0 Å². The minimum Gasteiger partial charge on any atom is -0.321 e. The number of carbonyl (C=O) groups is 4. The molecule has 1 unspecified atom stereocenters. The molecule has 0 aliphatic carbocycles. The fraction of sp³-hybridized carbons (Fsp3) is 0.556. The second-order valence-corrected chi connectivity index (χ2v) is 3.49. The zero-order valence-corrected chi connectivity index (χ0v) is 8.57. The number of hydrogen-bond acceptors (Lipinski definition) is 4. The highest BCUT2D eigenvalue weighted by Crippen LogP contribution is 2.06. The average Bonchev–Trinajstić information content (AvgIpc) is 2.09. The van der Waals surface area contributed by atoms with E-state index in [2.05, 4.69) is 5.32 Å². The van der Waals surface area contributed by atoms with Crippen LogP contribution in [0.2, 0.25) is 0 Å². The van der Waals surface area contributed by atoms with Gasteiger partial charge in [-0.15, -0.1) is 0 Å². The number of ketones is 1. The van der Waals surface area contributed by atoms with Gasteiger partial charge in [-0.3, -0.25) is 24.5 Å². The van der Waals surface area contributed by atoms with Gasteiger partial charge in [-0.05, 0) is 13.8 Å². The number of Topliss-reactive ketones (excluding diaryl/α,β-unsaturated/α-hetero) is 1. The van der Waals surface area contributed by atoms with E-state index in [4.69, 9.17) is 0 Å². The smallest absolute Gasteiger partial charge is 0.249 e. The molecule has 0 radical (unpaired) electrons. The molecule has 15 heavy (non-hydrogen) atoms. The van der Waals surface area contributed by atoms with Crippen LogP contribution < -0.4 is 5.32 Å². The van der Waals surface area contributed by atoms with Gasteiger partial charge in [0.1, 0.15) is 18.4 Å². The van der Waals surface area contributed by atoms with E-state index in [1.54, 1.807) is 0 Å². The van der Waals surface area contributed by atoms with E-state index in [-0.39, 0.29) is 18.7 Å². The summed E-state index contributed by atoms with van der Waals surface area (Å²) in [4.78, 5) is 45.5. The molecule has 1 N–H and O–H groups in total. The maximum absolute atomic E-state index is 11.5. The lowest BCUT2D eigenvalue weighted by Gasteiger charge is -2.31. The quantitative estimate of drug-likeness (QED) is 0.462. The third-order valence-corrected chi connectivity index (χ3v) is 2.14. The normalized spacial score (nSPS) is 21.2. The molecule has 1 aliphatic rings. The lowest BCUT2D eigenvalue weighted by molar-refractivity contribution is -0.150. The first kappa shape index (κ1) is 11.4. The van der Waals surface area contributed by atoms with Gasteiger partial charge in [0, 0.05) is 0 Å². The molecular formula is C9H12N2O4. The molecule has 0 spiro atoms. The number of nitrogens with zero attached hydrogens (tertiary/aromatic N) is 1. The molecule has 1 atom stereocenters. The zero-order chi connectivity index (χ0) is 11.6. The van der Waals surface area contributed by atoms with Gasteiger partial charge in [0.2, 0.25) is 17.7 Å². The van der Waals surface area contributed by atoms with Crippen molar-refractivity contribution in [1.82, 2.24) is 10.2 Å². The molecule has 0 aromatic rings. The van der Waals surface area contributed by atoms with Gasteiger partial charge in [0.25, 0.3) is 0 Å². The predicted octanol–water partition coefficient (Wildman–Crippen LogP) is -1.16. The molecule has 3 amide bonds. The molecule has 1 fully saturated rings. The number of hydrogen-bond donors (Lipinski definition) is 1. The van der Waals surface area contributed by atoms with Crippen molar-refractivity contribution in [1.29, 1.82) is 0 Å². The highest BCUT2D eigenvalue weighted by Gasteiger charge is 2.33. The van der Waals surface area contributed by atoms with E-state index >= 15 is 0 Å². The SMILES string of the molecule is CC(=O)CC(=O)N1CC(=O)NC(=O)C1C. The Morgan fingerprint density at radius 1 is 1.47 bits per heavy atom. The maximum atomic E-state index is 11.5. The van der Waals surface area contributed by atoms with E-state index in [0.717, 1.165) is 4.90 Å². The highest BCUT2D eigenvalue weighted by molar-refractivity contribution is 6.06. The molecule has 1 aliphatic heterocycles. The standard InChI is InChI=1S/C9H12N2O4/c1-5(12)3-8(14)11-4-7(13)10-9(15)6(11)2/h6H,3-4H2,1-2H3,(H,10,13,15). The molecule has 0 saturated carbocycles. The summed E-state index contributed by atoms with van der Waals surface area (Å²) in [5.74, 6) is -1.80. The van der Waals surface area contributed by atoms with Gasteiger partial charge in [-0.1, -0.05) is 0 Å². The van der Waals surface area contributed by atoms with Gasteiger partial charge < -0.3 is 4.90 Å². The number of piperazine rings is 1. The summed E-state index contributed by atoms with van der Waals surface area (Å²) in [5.41, 5.74) is 0. The van der Waals surface area contributed by atoms with Crippen LogP contribution in [0.4, 0.5) is 0 Å². The van der Waals surface area contributed by atoms with Crippen LogP contribution in [0.1, 0.15) is 20.3 Å². The molecule has 1 saturated heterocycles. The van der Waals surface area contributed by atoms with Crippen molar-refractivity contribution in [2.24, 2.45) is 0 Å². The summed E-state index contributed by atoms with van der Waals surface area (Å²) in [6.45, 7) is 2.63. The maximum Gasteiger partial charge on any atom is 0.249 e. The van der Waals surface area contributed by atoms with Gasteiger partial charge in [0.05, 0.1) is 6.42 Å². The summed E-state index contributed by atoms with van der Waals surface area (Å²) in [5, 5.41) is 2.11. The number of nitrogens with one attached hydrogen (secondary N) is 1. The minimum absolute atomic E-state index is 0.168. The third kappa shape index (κ3) is 2.61. The molecule has 82 valence electrons. The van der Waals surface area contributed by atoms with Gasteiger partial charge in [-0.25, -0.2) is 0 Å². The van der Waals surface area contributed by atoms with Crippen LogP contribution in [0.15, 0.2) is 0 Å². The molecule has 0 aromatic carbocycles. The molecule has 1 heterocycles. The second kappa shape index (κ2) is 4.20. The lowest BCUT2D eigenvalue weighted by atomic mass is 10.1. The molecular weight excluding hydrogens is 200 g/mol. The summed E-state index contributed by atoms with van der Waals surface area (Å²) in [6, 6.07) is -0.699. The number of imide groups is 1. The van der Waals surface area contributed by atoms with Crippen molar-refractivity contribution in [3.05, 3.63) is 0 Å². The average molecular weight is 212 g/mol. The Hall–Kier alpha value is -1.72. The zero-order valence-electron chi connectivity index (χ0n) is 8.57. The first-order valence-electron chi connectivity index (χ1n) is 4.54.